The van der Waals surface area contributed by atoms with Gasteiger partial charge < -0.3 is 5.32 Å². The smallest absolute Gasteiger partial charge is 0.263 e. The van der Waals surface area contributed by atoms with E-state index in [2.05, 4.69) is 36.5 Å². The summed E-state index contributed by atoms with van der Waals surface area (Å²) in [5, 5.41) is 11.9. The molecule has 0 bridgehead atoms. The fourth-order valence-electron chi connectivity index (χ4n) is 2.93. The summed E-state index contributed by atoms with van der Waals surface area (Å²) in [7, 11) is 0. The number of benzene rings is 2. The second kappa shape index (κ2) is 8.45. The van der Waals surface area contributed by atoms with Crippen molar-refractivity contribution in [3.8, 4) is 16.4 Å². The molecule has 4 rings (SSSR count). The average Bonchev–Trinajstić information content (AvgIpc) is 3.30. The number of aromatic nitrogens is 4. The molecule has 1 N–H and O–H groups in total. The molecule has 2 aromatic heterocycles. The van der Waals surface area contributed by atoms with Crippen molar-refractivity contribution < 1.29 is 9.18 Å². The Hall–Kier alpha value is -2.91. The molecule has 0 unspecified atom stereocenters. The highest BCUT2D eigenvalue weighted by atomic mass is 79.9. The molecule has 9 heteroatoms. The fraction of sp³-hybridized carbons (Fsp3) is 0.143. The number of carbonyl (C=O) groups excluding carboxylic acids is 1. The second-order valence-electron chi connectivity index (χ2n) is 6.65. The van der Waals surface area contributed by atoms with E-state index < -0.39 is 0 Å². The first kappa shape index (κ1) is 20.4. The first-order chi connectivity index (χ1) is 14.4. The number of thiazole rings is 1. The Balaban J connectivity index is 1.54. The zero-order valence-electron chi connectivity index (χ0n) is 16.2. The maximum atomic E-state index is 13.2. The topological polar surface area (TPSA) is 72.7 Å². The quantitative estimate of drug-likeness (QED) is 0.438. The Labute approximate surface area is 184 Å². The van der Waals surface area contributed by atoms with Gasteiger partial charge in [0.1, 0.15) is 21.4 Å². The van der Waals surface area contributed by atoms with Crippen molar-refractivity contribution in [2.75, 3.05) is 0 Å². The second-order valence-corrected chi connectivity index (χ2v) is 8.57. The van der Waals surface area contributed by atoms with Crippen LogP contribution in [0.1, 0.15) is 26.6 Å². The van der Waals surface area contributed by atoms with Crippen LogP contribution >= 0.6 is 27.3 Å². The minimum absolute atomic E-state index is 0.178. The molecule has 0 atom stereocenters. The van der Waals surface area contributed by atoms with Gasteiger partial charge >= 0.3 is 0 Å². The third kappa shape index (κ3) is 4.17. The highest BCUT2D eigenvalue weighted by molar-refractivity contribution is 9.10. The monoisotopic (exact) mass is 485 g/mol. The van der Waals surface area contributed by atoms with Gasteiger partial charge in [0.15, 0.2) is 0 Å². The molecule has 0 aliphatic rings. The van der Waals surface area contributed by atoms with E-state index in [0.29, 0.717) is 33.5 Å². The van der Waals surface area contributed by atoms with Crippen LogP contribution in [0.15, 0.2) is 53.0 Å². The first-order valence-corrected chi connectivity index (χ1v) is 10.7. The Morgan fingerprint density at radius 1 is 1.13 bits per heavy atom. The number of nitrogens with zero attached hydrogens (tertiary/aromatic N) is 4. The molecule has 2 heterocycles. The minimum atomic E-state index is -0.314. The molecule has 0 radical (unpaired) electrons. The van der Waals surface area contributed by atoms with Crippen LogP contribution in [0.3, 0.4) is 0 Å². The van der Waals surface area contributed by atoms with Crippen molar-refractivity contribution in [2.24, 2.45) is 0 Å². The van der Waals surface area contributed by atoms with Gasteiger partial charge in [-0.05, 0) is 55.8 Å². The number of amides is 1. The average molecular weight is 486 g/mol. The van der Waals surface area contributed by atoms with Crippen molar-refractivity contribution in [1.82, 2.24) is 25.3 Å². The normalized spacial score (nSPS) is 10.9. The van der Waals surface area contributed by atoms with E-state index in [0.717, 1.165) is 15.7 Å². The maximum Gasteiger partial charge on any atom is 0.263 e. The van der Waals surface area contributed by atoms with E-state index in [9.17, 15) is 9.18 Å². The predicted octanol–water partition coefficient (Wildman–Crippen LogP) is 4.84. The molecule has 0 fully saturated rings. The number of hydrogen-bond donors (Lipinski definition) is 1. The van der Waals surface area contributed by atoms with E-state index in [-0.39, 0.29) is 11.7 Å². The van der Waals surface area contributed by atoms with Gasteiger partial charge in [0.05, 0.1) is 17.1 Å². The molecule has 6 nitrogen and oxygen atoms in total. The molecule has 30 heavy (non-hydrogen) atoms. The summed E-state index contributed by atoms with van der Waals surface area (Å²) in [4.78, 5) is 17.7. The van der Waals surface area contributed by atoms with E-state index in [1.54, 1.807) is 23.7 Å². The summed E-state index contributed by atoms with van der Waals surface area (Å²) in [6, 6.07) is 13.8. The Bertz CT molecular complexity index is 1200. The summed E-state index contributed by atoms with van der Waals surface area (Å²) in [6.45, 7) is 4.09. The van der Waals surface area contributed by atoms with Crippen LogP contribution in [-0.2, 0) is 6.54 Å². The third-order valence-corrected chi connectivity index (χ3v) is 6.23. The first-order valence-electron chi connectivity index (χ1n) is 9.11. The third-order valence-electron chi connectivity index (χ3n) is 4.54. The lowest BCUT2D eigenvalue weighted by molar-refractivity contribution is 0.0954. The van der Waals surface area contributed by atoms with Crippen LogP contribution in [0.2, 0.25) is 0 Å². The number of nitrogens with one attached hydrogen (secondary N) is 1. The van der Waals surface area contributed by atoms with E-state index in [4.69, 9.17) is 0 Å². The fourth-order valence-corrected chi connectivity index (χ4v) is 4.21. The van der Waals surface area contributed by atoms with Gasteiger partial charge in [-0.3, -0.25) is 4.79 Å². The van der Waals surface area contributed by atoms with E-state index in [1.807, 2.05) is 31.2 Å². The van der Waals surface area contributed by atoms with Crippen LogP contribution in [-0.4, -0.2) is 25.9 Å². The van der Waals surface area contributed by atoms with Gasteiger partial charge in [-0.15, -0.1) is 16.4 Å². The molecule has 4 aromatic rings. The van der Waals surface area contributed by atoms with Gasteiger partial charge in [-0.25, -0.2) is 14.1 Å². The van der Waals surface area contributed by atoms with Crippen LogP contribution in [0, 0.1) is 19.7 Å². The van der Waals surface area contributed by atoms with Gasteiger partial charge in [0.2, 0.25) is 0 Å². The van der Waals surface area contributed by atoms with Crippen molar-refractivity contribution >= 4 is 33.2 Å². The van der Waals surface area contributed by atoms with Gasteiger partial charge in [0, 0.05) is 11.0 Å². The Morgan fingerprint density at radius 2 is 1.83 bits per heavy atom. The van der Waals surface area contributed by atoms with Crippen LogP contribution < -0.4 is 5.32 Å². The van der Waals surface area contributed by atoms with Crippen molar-refractivity contribution in [2.45, 2.75) is 20.4 Å². The summed E-state index contributed by atoms with van der Waals surface area (Å²) >= 11 is 4.68. The minimum Gasteiger partial charge on any atom is -0.347 e. The van der Waals surface area contributed by atoms with Crippen molar-refractivity contribution in [1.29, 1.82) is 0 Å². The molecule has 1 amide bonds. The zero-order chi connectivity index (χ0) is 21.3. The summed E-state index contributed by atoms with van der Waals surface area (Å²) in [6.07, 6.45) is 0. The Morgan fingerprint density at radius 3 is 2.53 bits per heavy atom. The number of hydrogen-bond acceptors (Lipinski definition) is 5. The molecule has 0 spiro atoms. The number of carbonyl (C=O) groups is 1. The van der Waals surface area contributed by atoms with Gasteiger partial charge in [-0.2, -0.15) is 0 Å². The number of halogens is 2. The highest BCUT2D eigenvalue weighted by Gasteiger charge is 2.20. The van der Waals surface area contributed by atoms with Gasteiger partial charge in [-0.1, -0.05) is 33.3 Å². The standard InChI is InChI=1S/C21H17BrFN5OS/c1-12-19(20(29)24-11-14-3-5-15(22)6-4-14)30-21(25-12)18-13(2)28(27-26-18)17-9-7-16(23)8-10-17/h3-10H,11H2,1-2H3,(H,24,29). The lowest BCUT2D eigenvalue weighted by Crippen LogP contribution is -2.22. The molecule has 0 aliphatic carbocycles. The summed E-state index contributed by atoms with van der Waals surface area (Å²) in [5.41, 5.74) is 3.70. The molecular weight excluding hydrogens is 469 g/mol. The maximum absolute atomic E-state index is 13.2. The Kier molecular flexibility index (Phi) is 5.74. The zero-order valence-corrected chi connectivity index (χ0v) is 18.6. The molecule has 152 valence electrons. The number of aryl methyl sites for hydroxylation is 1. The van der Waals surface area contributed by atoms with Crippen molar-refractivity contribution in [3.63, 3.8) is 0 Å². The largest absolute Gasteiger partial charge is 0.347 e. The number of rotatable bonds is 5. The van der Waals surface area contributed by atoms with Gasteiger partial charge in [0.25, 0.3) is 5.91 Å². The molecule has 0 saturated carbocycles. The van der Waals surface area contributed by atoms with Crippen molar-refractivity contribution in [3.05, 3.63) is 80.6 Å². The summed E-state index contributed by atoms with van der Waals surface area (Å²) in [5.74, 6) is -0.492. The van der Waals surface area contributed by atoms with Crippen LogP contribution in [0.4, 0.5) is 4.39 Å². The lowest BCUT2D eigenvalue weighted by atomic mass is 10.2. The summed E-state index contributed by atoms with van der Waals surface area (Å²) < 4.78 is 15.8. The molecule has 0 saturated heterocycles. The predicted molar refractivity (Wildman–Crippen MR) is 117 cm³/mol. The van der Waals surface area contributed by atoms with Crippen LogP contribution in [0.25, 0.3) is 16.4 Å². The molecule has 2 aromatic carbocycles. The lowest BCUT2D eigenvalue weighted by Gasteiger charge is -2.04. The van der Waals surface area contributed by atoms with Crippen LogP contribution in [0.5, 0.6) is 0 Å². The molecular formula is C21H17BrFN5OS. The van der Waals surface area contributed by atoms with E-state index in [1.165, 1.54) is 23.5 Å². The van der Waals surface area contributed by atoms with E-state index >= 15 is 0 Å². The highest BCUT2D eigenvalue weighted by Crippen LogP contribution is 2.29. The SMILES string of the molecule is Cc1nc(-c2nnn(-c3ccc(F)cc3)c2C)sc1C(=O)NCc1ccc(Br)cc1. The molecule has 0 aliphatic heterocycles.